The van der Waals surface area contributed by atoms with Gasteiger partial charge < -0.3 is 5.11 Å². The van der Waals surface area contributed by atoms with E-state index < -0.39 is 6.85 Å². The number of phenolic OH excluding ortho intramolecular Hbond substituents is 1. The maximum absolute atomic E-state index is 10.5. The van der Waals surface area contributed by atoms with Crippen molar-refractivity contribution >= 4 is 21.8 Å². The standard InChI is InChI=1S/C22H22N2O/c1-13-11-20(23(5)12-15(13)3)24-18-9-7-6-8-17(18)21-14(2)10-19(25)16(4)22(21)24/h6-12H,1-5H3/p+1/i1D3. The second-order valence-corrected chi connectivity index (χ2v) is 6.75. The SMILES string of the molecule is [2H]C([2H])([2H])c1cc(-n2c3ccccc3c3c(C)cc(O)c(C)c32)[n+](C)cc1C. The lowest BCUT2D eigenvalue weighted by Crippen LogP contribution is -2.34. The number of rotatable bonds is 1. The number of phenols is 1. The molecule has 4 rings (SSSR count). The van der Waals surface area contributed by atoms with E-state index in [-0.39, 0.29) is 5.75 Å². The minimum atomic E-state index is -2.20. The molecule has 0 radical (unpaired) electrons. The van der Waals surface area contributed by atoms with Gasteiger partial charge in [0, 0.05) is 26.5 Å². The molecule has 1 N–H and O–H groups in total. The summed E-state index contributed by atoms with van der Waals surface area (Å²) in [5, 5.41) is 12.6. The third-order valence-electron chi connectivity index (χ3n) is 5.04. The fourth-order valence-corrected chi connectivity index (χ4v) is 3.73. The lowest BCUT2D eigenvalue weighted by atomic mass is 10.0. The topological polar surface area (TPSA) is 29.0 Å². The summed E-state index contributed by atoms with van der Waals surface area (Å²) in [6, 6.07) is 11.6. The van der Waals surface area contributed by atoms with Gasteiger partial charge in [-0.25, -0.2) is 4.57 Å². The van der Waals surface area contributed by atoms with Crippen molar-refractivity contribution in [3.63, 3.8) is 0 Å². The van der Waals surface area contributed by atoms with Crippen molar-refractivity contribution in [3.8, 4) is 11.6 Å². The molecule has 3 nitrogen and oxygen atoms in total. The Labute approximate surface area is 152 Å². The molecule has 0 atom stereocenters. The Morgan fingerprint density at radius 2 is 1.80 bits per heavy atom. The van der Waals surface area contributed by atoms with Crippen molar-refractivity contribution < 1.29 is 13.8 Å². The van der Waals surface area contributed by atoms with Crippen molar-refractivity contribution in [2.45, 2.75) is 27.6 Å². The van der Waals surface area contributed by atoms with E-state index in [1.54, 1.807) is 12.1 Å². The Morgan fingerprint density at radius 1 is 1.04 bits per heavy atom. The first-order chi connectivity index (χ1) is 13.1. The Hall–Kier alpha value is -2.81. The number of fused-ring (bicyclic) bond motifs is 3. The summed E-state index contributed by atoms with van der Waals surface area (Å²) in [5.74, 6) is 0.982. The van der Waals surface area contributed by atoms with Gasteiger partial charge in [-0.15, -0.1) is 0 Å². The average molecular weight is 334 g/mol. The van der Waals surface area contributed by atoms with E-state index in [0.29, 0.717) is 5.56 Å². The molecule has 2 heterocycles. The highest BCUT2D eigenvalue weighted by Gasteiger charge is 2.25. The number of aromatic hydroxyl groups is 1. The molecule has 0 saturated carbocycles. The Morgan fingerprint density at radius 3 is 2.56 bits per heavy atom. The maximum atomic E-state index is 10.5. The summed E-state index contributed by atoms with van der Waals surface area (Å²) in [6.45, 7) is 3.50. The van der Waals surface area contributed by atoms with Crippen LogP contribution in [0.15, 0.2) is 42.6 Å². The number of aromatic nitrogens is 2. The van der Waals surface area contributed by atoms with Gasteiger partial charge >= 0.3 is 0 Å². The number of para-hydroxylation sites is 1. The highest BCUT2D eigenvalue weighted by Crippen LogP contribution is 2.38. The van der Waals surface area contributed by atoms with Crippen LogP contribution in [0, 0.1) is 27.6 Å². The number of aryl methyl sites for hydroxylation is 5. The van der Waals surface area contributed by atoms with Gasteiger partial charge in [-0.2, -0.15) is 4.57 Å². The average Bonchev–Trinajstić information content (AvgIpc) is 2.94. The number of pyridine rings is 1. The van der Waals surface area contributed by atoms with Crippen molar-refractivity contribution in [2.24, 2.45) is 7.05 Å². The largest absolute Gasteiger partial charge is 0.508 e. The zero-order valence-electron chi connectivity index (χ0n) is 17.9. The molecule has 2 aromatic heterocycles. The van der Waals surface area contributed by atoms with Gasteiger partial charge in [0.2, 0.25) is 0 Å². The van der Waals surface area contributed by atoms with Crippen LogP contribution >= 0.6 is 0 Å². The third-order valence-corrected chi connectivity index (χ3v) is 5.04. The van der Waals surface area contributed by atoms with E-state index in [1.165, 1.54) is 0 Å². The molecule has 0 aliphatic heterocycles. The summed E-state index contributed by atoms with van der Waals surface area (Å²) < 4.78 is 27.7. The van der Waals surface area contributed by atoms with Crippen LogP contribution in [0.1, 0.15) is 26.4 Å². The molecule has 0 unspecified atom stereocenters. The molecule has 0 amide bonds. The quantitative estimate of drug-likeness (QED) is 0.508. The monoisotopic (exact) mass is 334 g/mol. The van der Waals surface area contributed by atoms with E-state index in [2.05, 4.69) is 10.6 Å². The summed E-state index contributed by atoms with van der Waals surface area (Å²) in [5.41, 5.74) is 4.69. The van der Waals surface area contributed by atoms with E-state index >= 15 is 0 Å². The van der Waals surface area contributed by atoms with Gasteiger partial charge in [0.25, 0.3) is 5.82 Å². The summed E-state index contributed by atoms with van der Waals surface area (Å²) in [6.07, 6.45) is 1.85. The second-order valence-electron chi connectivity index (χ2n) is 6.75. The summed E-state index contributed by atoms with van der Waals surface area (Å²) in [7, 11) is 1.91. The molecule has 0 fully saturated rings. The number of hydrogen-bond acceptors (Lipinski definition) is 1. The highest BCUT2D eigenvalue weighted by atomic mass is 16.3. The number of nitrogens with zero attached hydrogens (tertiary/aromatic N) is 2. The van der Waals surface area contributed by atoms with E-state index in [1.807, 2.05) is 56.8 Å². The van der Waals surface area contributed by atoms with Crippen LogP contribution in [0.4, 0.5) is 0 Å². The predicted octanol–water partition coefficient (Wildman–Crippen LogP) is 4.55. The van der Waals surface area contributed by atoms with Gasteiger partial charge in [0.1, 0.15) is 16.8 Å². The van der Waals surface area contributed by atoms with E-state index in [4.69, 9.17) is 4.11 Å². The minimum absolute atomic E-state index is 0.236. The molecule has 2 aromatic carbocycles. The van der Waals surface area contributed by atoms with E-state index in [0.717, 1.165) is 44.3 Å². The maximum Gasteiger partial charge on any atom is 0.286 e. The van der Waals surface area contributed by atoms with Crippen LogP contribution < -0.4 is 4.57 Å². The van der Waals surface area contributed by atoms with Gasteiger partial charge in [0.05, 0.1) is 13.2 Å². The second kappa shape index (κ2) is 5.35. The fourth-order valence-electron chi connectivity index (χ4n) is 3.73. The molecule has 0 spiro atoms. The zero-order valence-corrected chi connectivity index (χ0v) is 14.9. The molecule has 0 bridgehead atoms. The van der Waals surface area contributed by atoms with E-state index in [9.17, 15) is 5.11 Å². The smallest absolute Gasteiger partial charge is 0.286 e. The zero-order chi connectivity index (χ0) is 20.4. The molecule has 4 aromatic rings. The first-order valence-corrected chi connectivity index (χ1v) is 8.34. The first-order valence-electron chi connectivity index (χ1n) is 9.84. The normalized spacial score (nSPS) is 13.8. The van der Waals surface area contributed by atoms with Crippen molar-refractivity contribution in [1.82, 2.24) is 4.57 Å². The lowest BCUT2D eigenvalue weighted by molar-refractivity contribution is -0.665. The number of benzene rings is 2. The first kappa shape index (κ1) is 12.5. The van der Waals surface area contributed by atoms with Gasteiger partial charge in [-0.3, -0.25) is 0 Å². The van der Waals surface area contributed by atoms with Crippen LogP contribution in [-0.4, -0.2) is 9.67 Å². The highest BCUT2D eigenvalue weighted by molar-refractivity contribution is 6.12. The Bertz CT molecular complexity index is 1250. The van der Waals surface area contributed by atoms with Gasteiger partial charge in [-0.05, 0) is 62.5 Å². The third kappa shape index (κ3) is 2.15. The van der Waals surface area contributed by atoms with Crippen LogP contribution in [-0.2, 0) is 7.05 Å². The summed E-state index contributed by atoms with van der Waals surface area (Å²) >= 11 is 0. The molecular weight excluding hydrogens is 308 g/mol. The lowest BCUT2D eigenvalue weighted by Gasteiger charge is -2.09. The molecule has 126 valence electrons. The van der Waals surface area contributed by atoms with Crippen LogP contribution in [0.2, 0.25) is 0 Å². The number of hydrogen-bond donors (Lipinski definition) is 1. The minimum Gasteiger partial charge on any atom is -0.508 e. The van der Waals surface area contributed by atoms with Crippen molar-refractivity contribution in [3.05, 3.63) is 64.8 Å². The van der Waals surface area contributed by atoms with Crippen molar-refractivity contribution in [1.29, 1.82) is 0 Å². The molecule has 25 heavy (non-hydrogen) atoms. The predicted molar refractivity (Wildman–Crippen MR) is 103 cm³/mol. The van der Waals surface area contributed by atoms with Crippen LogP contribution in [0.3, 0.4) is 0 Å². The Kier molecular flexibility index (Phi) is 2.68. The molecule has 0 saturated heterocycles. The molecular formula is C22H23N2O+. The Balaban J connectivity index is 2.24. The molecule has 0 aliphatic carbocycles. The summed E-state index contributed by atoms with van der Waals surface area (Å²) in [4.78, 5) is 0. The van der Waals surface area contributed by atoms with Crippen LogP contribution in [0.25, 0.3) is 27.6 Å². The van der Waals surface area contributed by atoms with Gasteiger partial charge in [-0.1, -0.05) is 12.1 Å². The molecule has 3 heteroatoms. The van der Waals surface area contributed by atoms with Crippen molar-refractivity contribution in [2.75, 3.05) is 0 Å². The van der Waals surface area contributed by atoms with Gasteiger partial charge in [0.15, 0.2) is 0 Å². The van der Waals surface area contributed by atoms with Crippen LogP contribution in [0.5, 0.6) is 5.75 Å². The fraction of sp³-hybridized carbons (Fsp3) is 0.227. The molecule has 0 aliphatic rings.